The van der Waals surface area contributed by atoms with Crippen molar-refractivity contribution in [3.8, 4) is 0 Å². The Morgan fingerprint density at radius 2 is 2.23 bits per heavy atom. The van der Waals surface area contributed by atoms with E-state index < -0.39 is 0 Å². The highest BCUT2D eigenvalue weighted by molar-refractivity contribution is 6.27. The van der Waals surface area contributed by atoms with E-state index >= 15 is 0 Å². The average Bonchev–Trinajstić information content (AvgIpc) is 2.87. The van der Waals surface area contributed by atoms with E-state index in [-0.39, 0.29) is 17.3 Å². The van der Waals surface area contributed by atoms with Crippen LogP contribution in [0, 0.1) is 0 Å². The lowest BCUT2D eigenvalue weighted by atomic mass is 9.96. The van der Waals surface area contributed by atoms with Gasteiger partial charge in [0.05, 0.1) is 30.5 Å². The molecule has 1 amide bonds. The second-order valence-corrected chi connectivity index (χ2v) is 7.05. The molecule has 0 N–H and O–H groups in total. The number of halogens is 1. The van der Waals surface area contributed by atoms with Gasteiger partial charge in [0.25, 0.3) is 0 Å². The van der Waals surface area contributed by atoms with E-state index in [4.69, 9.17) is 16.3 Å². The van der Waals surface area contributed by atoms with Crippen LogP contribution in [0.3, 0.4) is 0 Å². The summed E-state index contributed by atoms with van der Waals surface area (Å²) in [5.41, 5.74) is 0.895. The highest BCUT2D eigenvalue weighted by atomic mass is 35.5. The normalized spacial score (nSPS) is 15.6. The van der Waals surface area contributed by atoms with Gasteiger partial charge in [-0.05, 0) is 46.1 Å². The lowest BCUT2D eigenvalue weighted by Gasteiger charge is -2.29. The third-order valence-corrected chi connectivity index (χ3v) is 4.17. The third kappa shape index (κ3) is 4.46. The Morgan fingerprint density at radius 1 is 1.50 bits per heavy atom. The fourth-order valence-corrected chi connectivity index (χ4v) is 2.66. The molecule has 124 valence electrons. The first-order valence-corrected chi connectivity index (χ1v) is 8.44. The number of aromatic nitrogens is 2. The van der Waals surface area contributed by atoms with E-state index in [1.54, 1.807) is 11.1 Å². The number of alkyl halides is 1. The summed E-state index contributed by atoms with van der Waals surface area (Å²) in [6.45, 7) is 7.93. The smallest absolute Gasteiger partial charge is 0.237 e. The maximum Gasteiger partial charge on any atom is 0.237 e. The first-order chi connectivity index (χ1) is 10.4. The first kappa shape index (κ1) is 17.3. The van der Waals surface area contributed by atoms with Crippen LogP contribution in [0.25, 0.3) is 0 Å². The Bertz CT molecular complexity index is 492. The topological polar surface area (TPSA) is 47.4 Å². The van der Waals surface area contributed by atoms with Crippen molar-refractivity contribution in [1.29, 1.82) is 0 Å². The van der Waals surface area contributed by atoms with Crippen LogP contribution in [-0.4, -0.2) is 45.7 Å². The summed E-state index contributed by atoms with van der Waals surface area (Å²) < 4.78 is 7.71. The molecule has 2 rings (SSSR count). The van der Waals surface area contributed by atoms with Crippen molar-refractivity contribution in [3.05, 3.63) is 18.0 Å². The molecule has 22 heavy (non-hydrogen) atoms. The van der Waals surface area contributed by atoms with Crippen LogP contribution in [0.15, 0.2) is 12.3 Å². The molecule has 0 bridgehead atoms. The zero-order valence-electron chi connectivity index (χ0n) is 13.7. The van der Waals surface area contributed by atoms with Gasteiger partial charge in [0.2, 0.25) is 5.91 Å². The molecule has 0 spiro atoms. The SMILES string of the molecule is CC(C)(C)n1nccc1CN(CCOC1CCC1)C(=O)CCl. The number of hydrogen-bond donors (Lipinski definition) is 0. The molecule has 0 aromatic carbocycles. The Kier molecular flexibility index (Phi) is 5.87. The van der Waals surface area contributed by atoms with Crippen LogP contribution >= 0.6 is 11.6 Å². The summed E-state index contributed by atoms with van der Waals surface area (Å²) in [7, 11) is 0. The molecular weight excluding hydrogens is 302 g/mol. The molecule has 0 unspecified atom stereocenters. The minimum Gasteiger partial charge on any atom is -0.376 e. The van der Waals surface area contributed by atoms with Crippen LogP contribution in [0.4, 0.5) is 0 Å². The molecule has 1 aliphatic rings. The maximum absolute atomic E-state index is 12.1. The summed E-state index contributed by atoms with van der Waals surface area (Å²) in [6, 6.07) is 1.95. The molecule has 1 saturated carbocycles. The second-order valence-electron chi connectivity index (χ2n) is 6.78. The molecule has 1 aromatic heterocycles. The number of carbonyl (C=O) groups is 1. The van der Waals surface area contributed by atoms with Crippen molar-refractivity contribution in [3.63, 3.8) is 0 Å². The highest BCUT2D eigenvalue weighted by Crippen LogP contribution is 2.22. The molecule has 1 fully saturated rings. The fraction of sp³-hybridized carbons (Fsp3) is 0.750. The van der Waals surface area contributed by atoms with E-state index in [2.05, 4.69) is 25.9 Å². The highest BCUT2D eigenvalue weighted by Gasteiger charge is 2.22. The molecule has 0 saturated heterocycles. The van der Waals surface area contributed by atoms with Crippen LogP contribution in [0.2, 0.25) is 0 Å². The summed E-state index contributed by atoms with van der Waals surface area (Å²) >= 11 is 5.74. The molecule has 6 heteroatoms. The fourth-order valence-electron chi connectivity index (χ4n) is 2.49. The second kappa shape index (κ2) is 7.47. The largest absolute Gasteiger partial charge is 0.376 e. The Morgan fingerprint density at radius 3 is 2.77 bits per heavy atom. The average molecular weight is 328 g/mol. The van der Waals surface area contributed by atoms with Crippen molar-refractivity contribution < 1.29 is 9.53 Å². The van der Waals surface area contributed by atoms with Gasteiger partial charge in [-0.2, -0.15) is 5.10 Å². The van der Waals surface area contributed by atoms with Gasteiger partial charge < -0.3 is 9.64 Å². The number of hydrogen-bond acceptors (Lipinski definition) is 3. The minimum atomic E-state index is -0.114. The zero-order valence-corrected chi connectivity index (χ0v) is 14.5. The quantitative estimate of drug-likeness (QED) is 0.723. The molecular formula is C16H26ClN3O2. The predicted molar refractivity (Wildman–Crippen MR) is 87.0 cm³/mol. The predicted octanol–water partition coefficient (Wildman–Crippen LogP) is 2.77. The first-order valence-electron chi connectivity index (χ1n) is 7.90. The summed E-state index contributed by atoms with van der Waals surface area (Å²) in [5.74, 6) is -0.0758. The van der Waals surface area contributed by atoms with E-state index in [1.807, 2.05) is 10.7 Å². The molecule has 1 aliphatic carbocycles. The van der Waals surface area contributed by atoms with Gasteiger partial charge in [-0.15, -0.1) is 11.6 Å². The molecule has 0 atom stereocenters. The number of carbonyl (C=O) groups excluding carboxylic acids is 1. The Balaban J connectivity index is 1.96. The molecule has 5 nitrogen and oxygen atoms in total. The Labute approximate surface area is 137 Å². The van der Waals surface area contributed by atoms with Crippen LogP contribution < -0.4 is 0 Å². The standard InChI is InChI=1S/C16H26ClN3O2/c1-16(2,3)20-13(7-8-18-20)12-19(15(21)11-17)9-10-22-14-5-4-6-14/h7-8,14H,4-6,9-12H2,1-3H3. The number of amides is 1. The van der Waals surface area contributed by atoms with E-state index in [1.165, 1.54) is 6.42 Å². The Hall–Kier alpha value is -1.07. The van der Waals surface area contributed by atoms with Crippen LogP contribution in [-0.2, 0) is 21.6 Å². The van der Waals surface area contributed by atoms with Gasteiger partial charge in [-0.1, -0.05) is 0 Å². The molecule has 0 radical (unpaired) electrons. The van der Waals surface area contributed by atoms with Gasteiger partial charge in [0, 0.05) is 12.7 Å². The van der Waals surface area contributed by atoms with Crippen molar-refractivity contribution >= 4 is 17.5 Å². The van der Waals surface area contributed by atoms with E-state index in [0.717, 1.165) is 18.5 Å². The van der Waals surface area contributed by atoms with Gasteiger partial charge >= 0.3 is 0 Å². The van der Waals surface area contributed by atoms with Gasteiger partial charge in [0.1, 0.15) is 5.88 Å². The van der Waals surface area contributed by atoms with Crippen LogP contribution in [0.1, 0.15) is 45.7 Å². The number of rotatable bonds is 7. The van der Waals surface area contributed by atoms with Crippen molar-refractivity contribution in [1.82, 2.24) is 14.7 Å². The van der Waals surface area contributed by atoms with Gasteiger partial charge in [-0.25, -0.2) is 0 Å². The van der Waals surface area contributed by atoms with Crippen molar-refractivity contribution in [2.24, 2.45) is 0 Å². The van der Waals surface area contributed by atoms with Gasteiger partial charge in [-0.3, -0.25) is 9.48 Å². The zero-order chi connectivity index (χ0) is 16.2. The molecule has 1 heterocycles. The number of nitrogens with zero attached hydrogens (tertiary/aromatic N) is 3. The van der Waals surface area contributed by atoms with E-state index in [9.17, 15) is 4.79 Å². The summed E-state index contributed by atoms with van der Waals surface area (Å²) in [5, 5.41) is 4.37. The summed E-state index contributed by atoms with van der Waals surface area (Å²) in [4.78, 5) is 13.8. The summed E-state index contributed by atoms with van der Waals surface area (Å²) in [6.07, 6.45) is 5.68. The van der Waals surface area contributed by atoms with Gasteiger partial charge in [0.15, 0.2) is 0 Å². The van der Waals surface area contributed by atoms with Crippen molar-refractivity contribution in [2.45, 2.75) is 58.2 Å². The third-order valence-electron chi connectivity index (χ3n) is 3.94. The minimum absolute atomic E-state index is 0.00686. The lowest BCUT2D eigenvalue weighted by Crippen LogP contribution is -2.37. The lowest BCUT2D eigenvalue weighted by molar-refractivity contribution is -0.130. The molecule has 1 aromatic rings. The van der Waals surface area contributed by atoms with Crippen LogP contribution in [0.5, 0.6) is 0 Å². The maximum atomic E-state index is 12.1. The van der Waals surface area contributed by atoms with Crippen molar-refractivity contribution in [2.75, 3.05) is 19.0 Å². The number of ether oxygens (including phenoxy) is 1. The van der Waals surface area contributed by atoms with E-state index in [0.29, 0.717) is 25.8 Å². The molecule has 0 aliphatic heterocycles. The monoisotopic (exact) mass is 327 g/mol.